The number of anilines is 6. The number of alkyl halides is 3. The van der Waals surface area contributed by atoms with Crippen molar-refractivity contribution >= 4 is 68.0 Å². The van der Waals surface area contributed by atoms with Gasteiger partial charge in [0.15, 0.2) is 11.6 Å². The van der Waals surface area contributed by atoms with Crippen LogP contribution in [0.5, 0.6) is 0 Å². The number of pyridine rings is 1. The molecule has 7 heterocycles. The first-order valence-corrected chi connectivity index (χ1v) is 21.8. The lowest BCUT2D eigenvalue weighted by Gasteiger charge is -2.17. The predicted octanol–water partition coefficient (Wildman–Crippen LogP) is 9.51. The third kappa shape index (κ3) is 9.03. The van der Waals surface area contributed by atoms with E-state index in [1.807, 2.05) is 60.7 Å². The summed E-state index contributed by atoms with van der Waals surface area (Å²) < 4.78 is 39.1. The highest BCUT2D eigenvalue weighted by molar-refractivity contribution is 5.99. The molecular weight excluding hydrogens is 900 g/mol. The third-order valence-electron chi connectivity index (χ3n) is 11.7. The smallest absolute Gasteiger partial charge is 0.373 e. The van der Waals surface area contributed by atoms with E-state index in [1.54, 1.807) is 73.6 Å². The standard InChI is InChI=1S/C50H38F3N15O2/c1-68(26-50(51,52)53)49(70)43-19-29-2-4-30(20-40(29)62-43)46-55-15-12-44(65-46)63-38-8-6-27(33-24-56-57-25-33)17-36(38)41-22-45(59-35-7-9-37-32(16-35)23-58-67-37)66-47(64-41)31-5-3-28-18-42(61-39(28)21-31)48(69)60-34-10-13-54-14-11-34/h2-17,19-25,42,61-62H,18,26H2,1H3,(H,56,57)(H,58,67)(H,54,60,69)(H,55,63,65)(H,59,64,66). The lowest BCUT2D eigenvalue weighted by Crippen LogP contribution is -2.35. The summed E-state index contributed by atoms with van der Waals surface area (Å²) in [7, 11) is 1.11. The van der Waals surface area contributed by atoms with Gasteiger partial charge in [0.2, 0.25) is 5.91 Å². The number of amides is 2. The maximum atomic E-state index is 13.3. The first-order chi connectivity index (χ1) is 33.9. The van der Waals surface area contributed by atoms with Gasteiger partial charge < -0.3 is 31.2 Å². The molecule has 20 heteroatoms. The minimum Gasteiger partial charge on any atom is -0.373 e. The molecule has 1 aliphatic heterocycles. The second-order valence-corrected chi connectivity index (χ2v) is 16.7. The average Bonchev–Trinajstić information content (AvgIpc) is 4.21. The molecule has 0 saturated heterocycles. The van der Waals surface area contributed by atoms with E-state index in [0.29, 0.717) is 79.3 Å². The largest absolute Gasteiger partial charge is 0.406 e. The van der Waals surface area contributed by atoms with E-state index in [4.69, 9.17) is 15.0 Å². The average molecular weight is 938 g/mol. The number of halogens is 3. The van der Waals surface area contributed by atoms with E-state index >= 15 is 0 Å². The summed E-state index contributed by atoms with van der Waals surface area (Å²) in [5.74, 6) is 0.771. The minimum atomic E-state index is -4.53. The van der Waals surface area contributed by atoms with Crippen LogP contribution in [-0.4, -0.2) is 92.8 Å². The molecule has 17 nitrogen and oxygen atoms in total. The fourth-order valence-electron chi connectivity index (χ4n) is 8.34. The number of aromatic nitrogens is 10. The zero-order valence-electron chi connectivity index (χ0n) is 36.8. The zero-order chi connectivity index (χ0) is 47.9. The van der Waals surface area contributed by atoms with Crippen LogP contribution in [0.3, 0.4) is 0 Å². The Morgan fingerprint density at radius 3 is 2.40 bits per heavy atom. The predicted molar refractivity (Wildman–Crippen MR) is 259 cm³/mol. The van der Waals surface area contributed by atoms with Crippen LogP contribution in [0.2, 0.25) is 0 Å². The van der Waals surface area contributed by atoms with Crippen LogP contribution in [-0.2, 0) is 11.2 Å². The van der Waals surface area contributed by atoms with Gasteiger partial charge in [0.25, 0.3) is 5.91 Å². The van der Waals surface area contributed by atoms with Crippen molar-refractivity contribution in [1.82, 2.24) is 55.2 Å². The molecule has 0 bridgehead atoms. The molecule has 4 aromatic carbocycles. The van der Waals surface area contributed by atoms with E-state index in [-0.39, 0.29) is 11.6 Å². The number of nitrogens with zero attached hydrogens (tertiary/aromatic N) is 8. The first kappa shape index (κ1) is 43.1. The van der Waals surface area contributed by atoms with Crippen molar-refractivity contribution in [2.24, 2.45) is 0 Å². The second kappa shape index (κ2) is 17.6. The van der Waals surface area contributed by atoms with Crippen molar-refractivity contribution in [2.45, 2.75) is 18.6 Å². The Hall–Kier alpha value is -9.46. The molecule has 0 spiro atoms. The van der Waals surface area contributed by atoms with Crippen molar-refractivity contribution < 1.29 is 22.8 Å². The fraction of sp³-hybridized carbons (Fsp3) is 0.100. The Morgan fingerprint density at radius 2 is 1.56 bits per heavy atom. The molecule has 0 radical (unpaired) electrons. The SMILES string of the molecule is CN(CC(F)(F)F)C(=O)c1cc2ccc(-c3nccc(Nc4ccc(-c5cn[nH]c5)cc4-c4cc(Nc5ccc6[nH]ncc6c5)nc(-c5ccc6c(c5)NC(C(=O)Nc5ccncc5)C6)n4)n3)cc2[nH]1. The van der Waals surface area contributed by atoms with Gasteiger partial charge in [-0.15, -0.1) is 0 Å². The van der Waals surface area contributed by atoms with Gasteiger partial charge in [-0.05, 0) is 77.9 Å². The summed E-state index contributed by atoms with van der Waals surface area (Å²) in [5.41, 5.74) is 9.56. The molecule has 70 heavy (non-hydrogen) atoms. The summed E-state index contributed by atoms with van der Waals surface area (Å²) in [6.45, 7) is -1.38. The first-order valence-electron chi connectivity index (χ1n) is 21.8. The van der Waals surface area contributed by atoms with E-state index in [0.717, 1.165) is 46.0 Å². The molecule has 7 N–H and O–H groups in total. The van der Waals surface area contributed by atoms with Crippen molar-refractivity contribution in [2.75, 3.05) is 34.9 Å². The number of carbonyl (C=O) groups excluding carboxylic acids is 2. The maximum Gasteiger partial charge on any atom is 0.406 e. The molecule has 0 aliphatic carbocycles. The molecule has 1 atom stereocenters. The van der Waals surface area contributed by atoms with Crippen molar-refractivity contribution in [1.29, 1.82) is 0 Å². The summed E-state index contributed by atoms with van der Waals surface area (Å²) in [5, 5.41) is 29.1. The number of aromatic amines is 3. The molecule has 10 aromatic rings. The van der Waals surface area contributed by atoms with Crippen LogP contribution in [0, 0.1) is 0 Å². The monoisotopic (exact) mass is 937 g/mol. The molecular formula is C50H38F3N15O2. The van der Waals surface area contributed by atoms with E-state index in [9.17, 15) is 22.8 Å². The Morgan fingerprint density at radius 1 is 0.729 bits per heavy atom. The van der Waals surface area contributed by atoms with Crippen LogP contribution < -0.4 is 21.3 Å². The minimum absolute atomic E-state index is 0.0234. The molecule has 0 fully saturated rings. The summed E-state index contributed by atoms with van der Waals surface area (Å²) in [6, 6.07) is 31.0. The normalized spacial score (nSPS) is 13.2. The molecule has 0 saturated carbocycles. The highest BCUT2D eigenvalue weighted by atomic mass is 19.4. The van der Waals surface area contributed by atoms with Gasteiger partial charge in [0.05, 0.1) is 23.6 Å². The summed E-state index contributed by atoms with van der Waals surface area (Å²) >= 11 is 0. The van der Waals surface area contributed by atoms with Crippen LogP contribution in [0.15, 0.2) is 140 Å². The third-order valence-corrected chi connectivity index (χ3v) is 11.7. The van der Waals surface area contributed by atoms with Crippen LogP contribution in [0.4, 0.5) is 47.6 Å². The number of rotatable bonds is 12. The molecule has 1 unspecified atom stereocenters. The van der Waals surface area contributed by atoms with Crippen molar-refractivity contribution in [3.05, 3.63) is 152 Å². The van der Waals surface area contributed by atoms with Crippen molar-refractivity contribution in [3.8, 4) is 45.2 Å². The van der Waals surface area contributed by atoms with Gasteiger partial charge in [-0.25, -0.2) is 19.9 Å². The van der Waals surface area contributed by atoms with Crippen LogP contribution in [0.1, 0.15) is 16.1 Å². The number of benzene rings is 4. The molecule has 2 amide bonds. The Balaban J connectivity index is 0.945. The highest BCUT2D eigenvalue weighted by Gasteiger charge is 2.32. The van der Waals surface area contributed by atoms with E-state index < -0.39 is 24.7 Å². The molecule has 6 aromatic heterocycles. The zero-order valence-corrected chi connectivity index (χ0v) is 36.8. The number of hydrogen-bond acceptors (Lipinski definition) is 12. The molecule has 1 aliphatic rings. The van der Waals surface area contributed by atoms with Gasteiger partial charge >= 0.3 is 6.18 Å². The van der Waals surface area contributed by atoms with Crippen molar-refractivity contribution in [3.63, 3.8) is 0 Å². The lowest BCUT2D eigenvalue weighted by molar-refractivity contribution is -0.138. The van der Waals surface area contributed by atoms with E-state index in [2.05, 4.69) is 56.6 Å². The number of fused-ring (bicyclic) bond motifs is 3. The lowest BCUT2D eigenvalue weighted by atomic mass is 10.0. The quantitative estimate of drug-likeness (QED) is 0.0609. The summed E-state index contributed by atoms with van der Waals surface area (Å²) in [4.78, 5) is 53.4. The Labute approximate surface area is 395 Å². The number of hydrogen-bond donors (Lipinski definition) is 7. The molecule has 346 valence electrons. The Kier molecular flexibility index (Phi) is 10.9. The number of carbonyl (C=O) groups is 2. The summed E-state index contributed by atoms with van der Waals surface area (Å²) in [6.07, 6.45) is 6.10. The van der Waals surface area contributed by atoms with Gasteiger partial charge in [-0.3, -0.25) is 24.8 Å². The Bertz CT molecular complexity index is 3600. The van der Waals surface area contributed by atoms with Crippen LogP contribution >= 0.6 is 0 Å². The van der Waals surface area contributed by atoms with Gasteiger partial charge in [-0.2, -0.15) is 23.4 Å². The number of nitrogens with one attached hydrogen (secondary N) is 7. The highest BCUT2D eigenvalue weighted by Crippen LogP contribution is 2.38. The van der Waals surface area contributed by atoms with Gasteiger partial charge in [-0.1, -0.05) is 30.3 Å². The van der Waals surface area contributed by atoms with Crippen LogP contribution in [0.25, 0.3) is 67.0 Å². The van der Waals surface area contributed by atoms with Gasteiger partial charge in [0.1, 0.15) is 29.9 Å². The second-order valence-electron chi connectivity index (χ2n) is 16.7. The maximum absolute atomic E-state index is 13.3. The topological polar surface area (TPSA) is 223 Å². The van der Waals surface area contributed by atoms with Gasteiger partial charge in [0, 0.05) is 106 Å². The van der Waals surface area contributed by atoms with E-state index in [1.165, 1.54) is 6.07 Å². The number of H-pyrrole nitrogens is 3. The fourth-order valence-corrected chi connectivity index (χ4v) is 8.34. The molecule has 11 rings (SSSR count).